The summed E-state index contributed by atoms with van der Waals surface area (Å²) in [6, 6.07) is 10.2. The first-order valence-electron chi connectivity index (χ1n) is 9.80. The Bertz CT molecular complexity index is 902. The van der Waals surface area contributed by atoms with Crippen LogP contribution in [0.2, 0.25) is 20.1 Å². The van der Waals surface area contributed by atoms with Gasteiger partial charge in [-0.25, -0.2) is 0 Å². The molecule has 2 aromatic carbocycles. The molecule has 0 radical (unpaired) electrons. The molecule has 1 aliphatic rings. The molecule has 9 heteroatoms. The van der Waals surface area contributed by atoms with Crippen LogP contribution in [0.25, 0.3) is 0 Å². The van der Waals surface area contributed by atoms with Crippen molar-refractivity contribution >= 4 is 46.4 Å². The molecule has 2 aromatic rings. The predicted molar refractivity (Wildman–Crippen MR) is 117 cm³/mol. The van der Waals surface area contributed by atoms with E-state index in [1.165, 1.54) is 0 Å². The van der Waals surface area contributed by atoms with Gasteiger partial charge in [0.1, 0.15) is 18.3 Å². The predicted octanol–water partition coefficient (Wildman–Crippen LogP) is 5.52. The zero-order valence-corrected chi connectivity index (χ0v) is 19.1. The molecule has 0 saturated carbocycles. The second kappa shape index (κ2) is 10.3. The lowest BCUT2D eigenvalue weighted by atomic mass is 10.1. The molecule has 164 valence electrons. The summed E-state index contributed by atoms with van der Waals surface area (Å²) in [6.07, 6.45) is -2.57. The molecule has 1 fully saturated rings. The minimum Gasteiger partial charge on any atom is -0.385 e. The Morgan fingerprint density at radius 1 is 1.03 bits per heavy atom. The zero-order valence-electron chi connectivity index (χ0n) is 17.1. The number of aliphatic hydroxyl groups is 1. The summed E-state index contributed by atoms with van der Waals surface area (Å²) >= 11 is 24.3. The average Bonchev–Trinajstić information content (AvgIpc) is 2.93. The van der Waals surface area contributed by atoms with E-state index in [0.29, 0.717) is 25.7 Å². The van der Waals surface area contributed by atoms with Crippen LogP contribution < -0.4 is 0 Å². The third-order valence-electron chi connectivity index (χ3n) is 4.89. The van der Waals surface area contributed by atoms with Crippen LogP contribution in [0.4, 0.5) is 0 Å². The first-order valence-corrected chi connectivity index (χ1v) is 10.6. The molecule has 1 N–H and O–H groups in total. The van der Waals surface area contributed by atoms with Crippen molar-refractivity contribution in [2.75, 3.05) is 13.7 Å². The van der Waals surface area contributed by atoms with Gasteiger partial charge in [0.15, 0.2) is 5.79 Å². The monoisotopic (exact) mass is 495 g/mol. The molecule has 0 spiro atoms. The van der Waals surface area contributed by atoms with Crippen molar-refractivity contribution in [1.29, 1.82) is 0 Å². The second-order valence-corrected chi connectivity index (χ2v) is 8.71. The molecule has 1 aliphatic heterocycles. The largest absolute Gasteiger partial charge is 0.385 e. The Hall–Kier alpha value is -0.600. The van der Waals surface area contributed by atoms with Gasteiger partial charge in [-0.1, -0.05) is 58.5 Å². The average molecular weight is 497 g/mol. The number of rotatable bonds is 8. The first kappa shape index (κ1) is 22.6. The molecule has 0 aliphatic carbocycles. The lowest BCUT2D eigenvalue weighted by Crippen LogP contribution is -2.43. The minimum absolute atomic E-state index is 0.103. The number of aliphatic hydroxyl groups excluding tert-OH is 1. The number of hydrogen-bond acceptors (Lipinski definition) is 5. The fraction of sp³-hybridized carbons (Fsp3) is 0.429. The topological polar surface area (TPSA) is 57.2 Å². The smallest absolute Gasteiger partial charge is 0.194 e. The molecular weight excluding hydrogens is 474 g/mol. The Morgan fingerprint density at radius 3 is 2.20 bits per heavy atom. The van der Waals surface area contributed by atoms with Gasteiger partial charge < -0.3 is 24.1 Å². The molecule has 1 saturated heterocycles. The highest BCUT2D eigenvalue weighted by Crippen LogP contribution is 2.35. The Morgan fingerprint density at radius 2 is 1.63 bits per heavy atom. The van der Waals surface area contributed by atoms with E-state index in [2.05, 4.69) is 0 Å². The summed E-state index contributed by atoms with van der Waals surface area (Å²) in [5, 5.41) is 12.8. The van der Waals surface area contributed by atoms with Gasteiger partial charge in [-0.3, -0.25) is 0 Å². The van der Waals surface area contributed by atoms with E-state index in [9.17, 15) is 5.11 Å². The lowest BCUT2D eigenvalue weighted by molar-refractivity contribution is -0.236. The fourth-order valence-corrected chi connectivity index (χ4v) is 4.06. The van der Waals surface area contributed by atoms with Crippen LogP contribution in [-0.2, 0) is 32.2 Å². The molecule has 0 amide bonds. The normalized spacial score (nSPS) is 26.7. The summed E-state index contributed by atoms with van der Waals surface area (Å²) in [6.45, 7) is 2.01. The number of benzene rings is 2. The Labute approximate surface area is 197 Å². The summed E-state index contributed by atoms with van der Waals surface area (Å²) in [4.78, 5) is 0. The van der Waals surface area contributed by atoms with Gasteiger partial charge in [0.05, 0.1) is 21.2 Å². The van der Waals surface area contributed by atoms with Crippen molar-refractivity contribution in [2.45, 2.75) is 44.2 Å². The van der Waals surface area contributed by atoms with Gasteiger partial charge in [-0.2, -0.15) is 0 Å². The van der Waals surface area contributed by atoms with E-state index in [1.54, 1.807) is 43.3 Å². The van der Waals surface area contributed by atoms with Crippen LogP contribution in [-0.4, -0.2) is 42.9 Å². The van der Waals surface area contributed by atoms with Crippen molar-refractivity contribution < 1.29 is 25.4 Å². The zero-order chi connectivity index (χ0) is 22.6. The molecule has 5 nitrogen and oxygen atoms in total. The van der Waals surface area contributed by atoms with Gasteiger partial charge in [0, 0.05) is 27.2 Å². The standard InChI is InChI=1S/C21H22Cl4O5/c1-21(27-2)20(26)19(29-10-13-4-6-15(23)8-17(13)25)18(30-21)11-28-9-12-3-5-14(22)7-16(12)24/h3-8,18-20,26H,9-11H2,1-2H3/t18-,19-,20-,21?/m1/s1/i2D. The van der Waals surface area contributed by atoms with Gasteiger partial charge in [-0.05, 0) is 42.3 Å². The summed E-state index contributed by atoms with van der Waals surface area (Å²) in [7, 11) is -0.378. The van der Waals surface area contributed by atoms with E-state index in [0.717, 1.165) is 5.56 Å². The van der Waals surface area contributed by atoms with E-state index >= 15 is 0 Å². The van der Waals surface area contributed by atoms with Gasteiger partial charge in [0.2, 0.25) is 0 Å². The van der Waals surface area contributed by atoms with E-state index < -0.39 is 24.1 Å². The minimum atomic E-state index is -1.40. The molecule has 3 rings (SSSR count). The number of hydrogen-bond donors (Lipinski definition) is 1. The van der Waals surface area contributed by atoms with Crippen molar-refractivity contribution in [3.05, 3.63) is 67.6 Å². The first-order chi connectivity index (χ1) is 14.7. The maximum atomic E-state index is 10.8. The molecule has 4 atom stereocenters. The maximum Gasteiger partial charge on any atom is 0.194 e. The summed E-state index contributed by atoms with van der Waals surface area (Å²) < 4.78 is 30.3. The van der Waals surface area contributed by atoms with Gasteiger partial charge in [-0.15, -0.1) is 0 Å². The summed E-state index contributed by atoms with van der Waals surface area (Å²) in [5.74, 6) is -1.40. The molecular formula is C21H22Cl4O5. The number of halogens is 4. The maximum absolute atomic E-state index is 10.8. The molecule has 0 aromatic heterocycles. The highest BCUT2D eigenvalue weighted by molar-refractivity contribution is 6.35. The molecule has 0 bridgehead atoms. The van der Waals surface area contributed by atoms with E-state index in [4.69, 9.17) is 66.7 Å². The van der Waals surface area contributed by atoms with Crippen LogP contribution in [0.1, 0.15) is 19.4 Å². The van der Waals surface area contributed by atoms with E-state index in [-0.39, 0.29) is 26.9 Å². The molecule has 30 heavy (non-hydrogen) atoms. The van der Waals surface area contributed by atoms with Crippen LogP contribution in [0.3, 0.4) is 0 Å². The van der Waals surface area contributed by atoms with Crippen LogP contribution in [0, 0.1) is 0 Å². The molecule has 1 unspecified atom stereocenters. The third-order valence-corrected chi connectivity index (χ3v) is 6.06. The summed E-state index contributed by atoms with van der Waals surface area (Å²) in [5.41, 5.74) is 1.47. The Kier molecular flexibility index (Phi) is 7.79. The molecule has 1 heterocycles. The van der Waals surface area contributed by atoms with Gasteiger partial charge >= 0.3 is 0 Å². The highest BCUT2D eigenvalue weighted by Gasteiger charge is 2.53. The highest BCUT2D eigenvalue weighted by atomic mass is 35.5. The second-order valence-electron chi connectivity index (χ2n) is 7.02. The van der Waals surface area contributed by atoms with Crippen molar-refractivity contribution in [1.82, 2.24) is 0 Å². The quantitative estimate of drug-likeness (QED) is 0.521. The van der Waals surface area contributed by atoms with Crippen molar-refractivity contribution in [3.63, 3.8) is 0 Å². The van der Waals surface area contributed by atoms with Crippen LogP contribution in [0.15, 0.2) is 36.4 Å². The fourth-order valence-electron chi connectivity index (χ4n) is 3.13. The lowest BCUT2D eigenvalue weighted by Gasteiger charge is -2.26. The van der Waals surface area contributed by atoms with Crippen molar-refractivity contribution in [2.24, 2.45) is 0 Å². The van der Waals surface area contributed by atoms with Gasteiger partial charge in [0.25, 0.3) is 0 Å². The number of methoxy groups -OCH3 is 1. The van der Waals surface area contributed by atoms with Crippen LogP contribution >= 0.6 is 46.4 Å². The van der Waals surface area contributed by atoms with Crippen LogP contribution in [0.5, 0.6) is 0 Å². The third kappa shape index (κ3) is 5.60. The SMILES string of the molecule is [2H]COC1(C)O[C@H](COCc2ccc(Cl)cc2Cl)[C@@H](OCc2ccc(Cl)cc2Cl)[C@H]1O. The number of ether oxygens (including phenoxy) is 4. The Balaban J connectivity index is 1.67. The van der Waals surface area contributed by atoms with E-state index in [1.807, 2.05) is 0 Å². The van der Waals surface area contributed by atoms with Crippen molar-refractivity contribution in [3.8, 4) is 0 Å².